The van der Waals surface area contributed by atoms with Crippen molar-refractivity contribution in [1.82, 2.24) is 30.0 Å². The van der Waals surface area contributed by atoms with Crippen LogP contribution in [-0.4, -0.2) is 108 Å². The van der Waals surface area contributed by atoms with Gasteiger partial charge in [-0.15, -0.1) is 0 Å². The van der Waals surface area contributed by atoms with Crippen LogP contribution in [0.1, 0.15) is 41.4 Å². The molecule has 2 amide bonds. The van der Waals surface area contributed by atoms with E-state index >= 15 is 0 Å². The minimum Gasteiger partial charge on any atom is -0.379 e. The molecule has 1 unspecified atom stereocenters. The van der Waals surface area contributed by atoms with Gasteiger partial charge in [0.15, 0.2) is 0 Å². The summed E-state index contributed by atoms with van der Waals surface area (Å²) in [4.78, 5) is 40.1. The molecule has 2 N–H and O–H groups in total. The average molecular weight is 522 g/mol. The van der Waals surface area contributed by atoms with Crippen LogP contribution in [0.5, 0.6) is 0 Å². The molecule has 2 fully saturated rings. The maximum absolute atomic E-state index is 13.1. The fraction of sp³-hybridized carbons (Fsp3) is 0.571. The van der Waals surface area contributed by atoms with Gasteiger partial charge < -0.3 is 20.3 Å². The highest BCUT2D eigenvalue weighted by Gasteiger charge is 2.26. The van der Waals surface area contributed by atoms with E-state index in [1.54, 1.807) is 13.0 Å². The van der Waals surface area contributed by atoms with Crippen molar-refractivity contribution in [3.05, 3.63) is 53.5 Å². The van der Waals surface area contributed by atoms with Gasteiger partial charge in [-0.1, -0.05) is 24.3 Å². The smallest absolute Gasteiger partial charge is 0.270 e. The summed E-state index contributed by atoms with van der Waals surface area (Å²) in [6.45, 7) is 9.67. The van der Waals surface area contributed by atoms with Gasteiger partial charge in [-0.3, -0.25) is 19.4 Å². The Bertz CT molecular complexity index is 1100. The summed E-state index contributed by atoms with van der Waals surface area (Å²) in [5.74, 6) is 0.567. The Morgan fingerprint density at radius 1 is 1.05 bits per heavy atom. The van der Waals surface area contributed by atoms with Gasteiger partial charge in [0.05, 0.1) is 13.2 Å². The van der Waals surface area contributed by atoms with E-state index in [9.17, 15) is 9.59 Å². The Balaban J connectivity index is 1.17. The molecule has 1 atom stereocenters. The quantitative estimate of drug-likeness (QED) is 0.537. The predicted octanol–water partition coefficient (Wildman–Crippen LogP) is 1.39. The molecule has 10 heteroatoms. The van der Waals surface area contributed by atoms with Crippen molar-refractivity contribution in [2.24, 2.45) is 0 Å². The van der Waals surface area contributed by atoms with E-state index in [-0.39, 0.29) is 23.9 Å². The van der Waals surface area contributed by atoms with Crippen molar-refractivity contribution in [3.8, 4) is 0 Å². The third-order valence-corrected chi connectivity index (χ3v) is 7.93. The Hall–Kier alpha value is -3.08. The number of anilines is 1. The first-order valence-electron chi connectivity index (χ1n) is 13.8. The van der Waals surface area contributed by atoms with E-state index in [1.807, 2.05) is 4.90 Å². The molecule has 4 heterocycles. The van der Waals surface area contributed by atoms with E-state index < -0.39 is 0 Å². The third-order valence-electron chi connectivity index (χ3n) is 7.93. The molecule has 2 saturated heterocycles. The molecule has 0 saturated carbocycles. The first-order valence-corrected chi connectivity index (χ1v) is 13.8. The fourth-order valence-electron chi connectivity index (χ4n) is 5.67. The summed E-state index contributed by atoms with van der Waals surface area (Å²) in [6, 6.07) is 10.8. The molecule has 2 aromatic rings. The van der Waals surface area contributed by atoms with Crippen molar-refractivity contribution in [1.29, 1.82) is 0 Å². The topological polar surface area (TPSA) is 103 Å². The zero-order valence-electron chi connectivity index (χ0n) is 22.3. The van der Waals surface area contributed by atoms with Crippen LogP contribution in [-0.2, 0) is 22.5 Å². The number of nitrogens with one attached hydrogen (secondary N) is 2. The Morgan fingerprint density at radius 2 is 1.82 bits per heavy atom. The highest BCUT2D eigenvalue weighted by atomic mass is 16.5. The van der Waals surface area contributed by atoms with E-state index in [4.69, 9.17) is 4.74 Å². The van der Waals surface area contributed by atoms with Gasteiger partial charge in [-0.05, 0) is 30.4 Å². The van der Waals surface area contributed by atoms with Crippen molar-refractivity contribution < 1.29 is 14.3 Å². The normalized spacial score (nSPS) is 20.0. The fourth-order valence-corrected chi connectivity index (χ4v) is 5.67. The van der Waals surface area contributed by atoms with Crippen LogP contribution in [0, 0.1) is 0 Å². The molecule has 0 radical (unpaired) electrons. The summed E-state index contributed by atoms with van der Waals surface area (Å²) in [7, 11) is 0. The summed E-state index contributed by atoms with van der Waals surface area (Å²) in [5.41, 5.74) is 3.20. The summed E-state index contributed by atoms with van der Waals surface area (Å²) < 4.78 is 5.59. The van der Waals surface area contributed by atoms with Gasteiger partial charge in [-0.25, -0.2) is 9.97 Å². The van der Waals surface area contributed by atoms with Crippen LogP contribution in [0.2, 0.25) is 0 Å². The number of amides is 2. The average Bonchev–Trinajstić information content (AvgIpc) is 2.96. The van der Waals surface area contributed by atoms with Gasteiger partial charge in [0.2, 0.25) is 5.91 Å². The number of nitrogens with zero attached hydrogens (tertiary/aromatic N) is 5. The highest BCUT2D eigenvalue weighted by molar-refractivity contribution is 5.92. The second-order valence-electron chi connectivity index (χ2n) is 10.5. The number of benzene rings is 1. The van der Waals surface area contributed by atoms with Crippen molar-refractivity contribution in [2.75, 3.05) is 64.3 Å². The number of hydrogen-bond donors (Lipinski definition) is 2. The minimum atomic E-state index is -0.191. The monoisotopic (exact) mass is 521 g/mol. The van der Waals surface area contributed by atoms with Crippen molar-refractivity contribution >= 4 is 17.6 Å². The molecular formula is C28H39N7O3. The lowest BCUT2D eigenvalue weighted by atomic mass is 9.99. The standard InChI is InChI=1S/C28H39N7O3/c1-21(36)34-10-7-24(8-11-34)32-27-16-26(30-20-31-27)28(37)29-17-25(35-12-14-38-15-13-35)19-33-9-6-22-4-2-3-5-23(22)18-33/h2-5,16,20,24-25H,6-15,17-19H2,1H3,(H,29,37)(H,30,31,32). The van der Waals surface area contributed by atoms with Crippen LogP contribution in [0.3, 0.4) is 0 Å². The van der Waals surface area contributed by atoms with Crippen molar-refractivity contribution in [3.63, 3.8) is 0 Å². The van der Waals surface area contributed by atoms with E-state index in [2.05, 4.69) is 54.7 Å². The van der Waals surface area contributed by atoms with Crippen LogP contribution < -0.4 is 10.6 Å². The maximum Gasteiger partial charge on any atom is 0.270 e. The first kappa shape index (κ1) is 26.5. The first-order chi connectivity index (χ1) is 18.5. The Morgan fingerprint density at radius 3 is 2.58 bits per heavy atom. The molecule has 3 aliphatic heterocycles. The predicted molar refractivity (Wildman–Crippen MR) is 145 cm³/mol. The molecule has 38 heavy (non-hydrogen) atoms. The number of hydrogen-bond acceptors (Lipinski definition) is 8. The SMILES string of the molecule is CC(=O)N1CCC(Nc2cc(C(=O)NCC(CN3CCc4ccccc4C3)N3CCOCC3)ncn2)CC1. The lowest BCUT2D eigenvalue weighted by molar-refractivity contribution is -0.129. The number of ether oxygens (including phenoxy) is 1. The molecule has 10 nitrogen and oxygen atoms in total. The summed E-state index contributed by atoms with van der Waals surface area (Å²) in [5, 5.41) is 6.56. The number of likely N-dealkylation sites (tertiary alicyclic amines) is 1. The van der Waals surface area contributed by atoms with Gasteiger partial charge in [-0.2, -0.15) is 0 Å². The molecule has 5 rings (SSSR count). The number of aromatic nitrogens is 2. The number of rotatable bonds is 8. The summed E-state index contributed by atoms with van der Waals surface area (Å²) >= 11 is 0. The Kier molecular flexibility index (Phi) is 8.83. The maximum atomic E-state index is 13.1. The van der Waals surface area contributed by atoms with Gasteiger partial charge in [0.25, 0.3) is 5.91 Å². The molecule has 1 aromatic carbocycles. The number of carbonyl (C=O) groups excluding carboxylic acids is 2. The molecular weight excluding hydrogens is 482 g/mol. The van der Waals surface area contributed by atoms with E-state index in [1.165, 1.54) is 17.5 Å². The molecule has 0 aliphatic carbocycles. The highest BCUT2D eigenvalue weighted by Crippen LogP contribution is 2.20. The number of fused-ring (bicyclic) bond motifs is 1. The lowest BCUT2D eigenvalue weighted by Gasteiger charge is -2.39. The molecule has 1 aromatic heterocycles. The second-order valence-corrected chi connectivity index (χ2v) is 10.5. The van der Waals surface area contributed by atoms with Gasteiger partial charge in [0.1, 0.15) is 17.8 Å². The molecule has 3 aliphatic rings. The lowest BCUT2D eigenvalue weighted by Crippen LogP contribution is -2.54. The van der Waals surface area contributed by atoms with E-state index in [0.717, 1.165) is 78.3 Å². The minimum absolute atomic E-state index is 0.116. The zero-order valence-corrected chi connectivity index (χ0v) is 22.3. The van der Waals surface area contributed by atoms with Gasteiger partial charge >= 0.3 is 0 Å². The molecule has 0 bridgehead atoms. The van der Waals surface area contributed by atoms with Crippen LogP contribution in [0.15, 0.2) is 36.7 Å². The largest absolute Gasteiger partial charge is 0.379 e. The van der Waals surface area contributed by atoms with Crippen LogP contribution in [0.4, 0.5) is 5.82 Å². The van der Waals surface area contributed by atoms with Gasteiger partial charge in [0, 0.05) is 77.4 Å². The van der Waals surface area contributed by atoms with Crippen LogP contribution in [0.25, 0.3) is 0 Å². The molecule has 204 valence electrons. The number of carbonyl (C=O) groups is 2. The Labute approximate surface area is 224 Å². The number of morpholine rings is 1. The number of piperidine rings is 1. The van der Waals surface area contributed by atoms with Crippen molar-refractivity contribution in [2.45, 2.75) is 44.8 Å². The third kappa shape index (κ3) is 6.86. The van der Waals surface area contributed by atoms with E-state index in [0.29, 0.717) is 18.1 Å². The zero-order chi connectivity index (χ0) is 26.3. The molecule has 0 spiro atoms. The van der Waals surface area contributed by atoms with Crippen LogP contribution >= 0.6 is 0 Å². The summed E-state index contributed by atoms with van der Waals surface area (Å²) in [6.07, 6.45) is 4.20. The second kappa shape index (κ2) is 12.6.